The lowest BCUT2D eigenvalue weighted by Crippen LogP contribution is -2.29. The van der Waals surface area contributed by atoms with Crippen LogP contribution in [-0.4, -0.2) is 22.8 Å². The van der Waals surface area contributed by atoms with Gasteiger partial charge < -0.3 is 4.74 Å². The molecule has 24 heavy (non-hydrogen) atoms. The van der Waals surface area contributed by atoms with Crippen molar-refractivity contribution in [1.82, 2.24) is 9.97 Å². The van der Waals surface area contributed by atoms with Crippen molar-refractivity contribution in [1.29, 1.82) is 0 Å². The van der Waals surface area contributed by atoms with E-state index in [4.69, 9.17) is 4.74 Å². The summed E-state index contributed by atoms with van der Waals surface area (Å²) in [5.74, 6) is -0.333. The molecule has 0 N–H and O–H groups in total. The average molecular weight is 336 g/mol. The van der Waals surface area contributed by atoms with Gasteiger partial charge in [-0.2, -0.15) is 13.2 Å². The van der Waals surface area contributed by atoms with Gasteiger partial charge in [0.2, 0.25) is 0 Å². The molecule has 0 atom stereocenters. The molecule has 6 heteroatoms. The molecule has 1 saturated carbocycles. The van der Waals surface area contributed by atoms with Crippen LogP contribution in [0.2, 0.25) is 0 Å². The molecule has 0 spiro atoms. The van der Waals surface area contributed by atoms with Crippen LogP contribution in [0.3, 0.4) is 0 Å². The van der Waals surface area contributed by atoms with E-state index in [1.807, 2.05) is 18.2 Å². The molecule has 0 radical (unpaired) electrons. The molecule has 1 aliphatic rings. The van der Waals surface area contributed by atoms with Crippen molar-refractivity contribution in [2.75, 3.05) is 6.61 Å². The van der Waals surface area contributed by atoms with Crippen LogP contribution >= 0.6 is 0 Å². The van der Waals surface area contributed by atoms with Crippen LogP contribution in [0.1, 0.15) is 25.7 Å². The molecular weight excluding hydrogens is 317 g/mol. The number of alkyl halides is 3. The molecule has 2 aromatic heterocycles. The molecule has 1 aliphatic carbocycles. The molecule has 0 amide bonds. The van der Waals surface area contributed by atoms with Gasteiger partial charge in [0.15, 0.2) is 0 Å². The zero-order chi connectivity index (χ0) is 17.0. The Morgan fingerprint density at radius 2 is 1.67 bits per heavy atom. The summed E-state index contributed by atoms with van der Waals surface area (Å²) >= 11 is 0. The van der Waals surface area contributed by atoms with E-state index >= 15 is 0 Å². The molecule has 0 saturated heterocycles. The van der Waals surface area contributed by atoms with Crippen molar-refractivity contribution in [3.05, 3.63) is 43.0 Å². The van der Waals surface area contributed by atoms with Gasteiger partial charge in [0.25, 0.3) is 0 Å². The maximum Gasteiger partial charge on any atom is 0.391 e. The Balaban J connectivity index is 1.55. The monoisotopic (exact) mass is 336 g/mol. The first-order valence-electron chi connectivity index (χ1n) is 8.07. The van der Waals surface area contributed by atoms with Gasteiger partial charge in [0.05, 0.1) is 18.7 Å². The highest BCUT2D eigenvalue weighted by Crippen LogP contribution is 2.39. The van der Waals surface area contributed by atoms with E-state index in [2.05, 4.69) is 9.97 Å². The summed E-state index contributed by atoms with van der Waals surface area (Å²) in [6.45, 7) is 0.437. The fourth-order valence-electron chi connectivity index (χ4n) is 3.07. The SMILES string of the molecule is FC(F)(F)[C@H]1CC[C@H](COc2cncc(-c3ccncc3)c2)CC1. The smallest absolute Gasteiger partial charge is 0.391 e. The molecule has 0 unspecified atom stereocenters. The summed E-state index contributed by atoms with van der Waals surface area (Å²) in [5.41, 5.74) is 1.92. The number of hydrogen-bond donors (Lipinski definition) is 0. The topological polar surface area (TPSA) is 35.0 Å². The summed E-state index contributed by atoms with van der Waals surface area (Å²) in [6, 6.07) is 5.67. The molecule has 0 bridgehead atoms. The third kappa shape index (κ3) is 4.24. The second-order valence-corrected chi connectivity index (χ2v) is 6.22. The Kier molecular flexibility index (Phi) is 5.02. The van der Waals surface area contributed by atoms with E-state index < -0.39 is 12.1 Å². The molecule has 0 aliphatic heterocycles. The minimum absolute atomic E-state index is 0.174. The summed E-state index contributed by atoms with van der Waals surface area (Å²) in [7, 11) is 0. The molecule has 128 valence electrons. The summed E-state index contributed by atoms with van der Waals surface area (Å²) in [6.07, 6.45) is 4.25. The molecule has 2 aromatic rings. The molecule has 1 fully saturated rings. The number of pyridine rings is 2. The standard InChI is InChI=1S/C18H19F3N2O/c19-18(20,21)16-3-1-13(2-4-16)12-24-17-9-15(10-23-11-17)14-5-7-22-8-6-14/h5-11,13,16H,1-4,12H2/t13-,16-. The van der Waals surface area contributed by atoms with Gasteiger partial charge in [-0.25, -0.2) is 0 Å². The maximum absolute atomic E-state index is 12.7. The lowest BCUT2D eigenvalue weighted by Gasteiger charge is -2.29. The molecule has 0 aromatic carbocycles. The second kappa shape index (κ2) is 7.20. The number of aromatic nitrogens is 2. The van der Waals surface area contributed by atoms with Gasteiger partial charge in [-0.05, 0) is 55.4 Å². The van der Waals surface area contributed by atoms with Crippen LogP contribution in [0.25, 0.3) is 11.1 Å². The van der Waals surface area contributed by atoms with Gasteiger partial charge in [-0.15, -0.1) is 0 Å². The first kappa shape index (κ1) is 16.7. The fourth-order valence-corrected chi connectivity index (χ4v) is 3.07. The lowest BCUT2D eigenvalue weighted by atomic mass is 9.82. The highest BCUT2D eigenvalue weighted by atomic mass is 19.4. The minimum atomic E-state index is -4.06. The van der Waals surface area contributed by atoms with Crippen molar-refractivity contribution in [3.63, 3.8) is 0 Å². The average Bonchev–Trinajstić information content (AvgIpc) is 2.61. The van der Waals surface area contributed by atoms with E-state index in [1.54, 1.807) is 24.8 Å². The Bertz CT molecular complexity index is 653. The molecule has 3 nitrogen and oxygen atoms in total. The first-order valence-corrected chi connectivity index (χ1v) is 8.07. The normalized spacial score (nSPS) is 21.5. The zero-order valence-corrected chi connectivity index (χ0v) is 13.2. The number of halogens is 3. The fraction of sp³-hybridized carbons (Fsp3) is 0.444. The molecular formula is C18H19F3N2O. The zero-order valence-electron chi connectivity index (χ0n) is 13.2. The summed E-state index contributed by atoms with van der Waals surface area (Å²) < 4.78 is 43.8. The highest BCUT2D eigenvalue weighted by molar-refractivity contribution is 5.63. The third-order valence-electron chi connectivity index (χ3n) is 4.52. The highest BCUT2D eigenvalue weighted by Gasteiger charge is 2.41. The van der Waals surface area contributed by atoms with E-state index in [0.29, 0.717) is 25.2 Å². The second-order valence-electron chi connectivity index (χ2n) is 6.22. The van der Waals surface area contributed by atoms with Gasteiger partial charge >= 0.3 is 6.18 Å². The predicted octanol–water partition coefficient (Wildman–Crippen LogP) is 4.89. The maximum atomic E-state index is 12.7. The Hall–Kier alpha value is -2.11. The van der Waals surface area contributed by atoms with E-state index in [9.17, 15) is 13.2 Å². The van der Waals surface area contributed by atoms with E-state index in [-0.39, 0.29) is 18.8 Å². The van der Waals surface area contributed by atoms with Gasteiger partial charge in [0, 0.05) is 24.2 Å². The lowest BCUT2D eigenvalue weighted by molar-refractivity contribution is -0.184. The van der Waals surface area contributed by atoms with E-state index in [0.717, 1.165) is 11.1 Å². The number of hydrogen-bond acceptors (Lipinski definition) is 3. The van der Waals surface area contributed by atoms with Gasteiger partial charge in [-0.3, -0.25) is 9.97 Å². The van der Waals surface area contributed by atoms with Crippen LogP contribution in [0.4, 0.5) is 13.2 Å². The number of rotatable bonds is 4. The summed E-state index contributed by atoms with van der Waals surface area (Å²) in [4.78, 5) is 8.16. The van der Waals surface area contributed by atoms with Crippen LogP contribution in [0, 0.1) is 11.8 Å². The number of nitrogens with zero attached hydrogens (tertiary/aromatic N) is 2. The Labute approximate surface area is 138 Å². The Morgan fingerprint density at radius 3 is 2.33 bits per heavy atom. The van der Waals surface area contributed by atoms with Crippen LogP contribution in [0.15, 0.2) is 43.0 Å². The van der Waals surface area contributed by atoms with Crippen molar-refractivity contribution in [2.45, 2.75) is 31.9 Å². The van der Waals surface area contributed by atoms with Crippen LogP contribution in [0.5, 0.6) is 5.75 Å². The van der Waals surface area contributed by atoms with Crippen LogP contribution in [-0.2, 0) is 0 Å². The first-order chi connectivity index (χ1) is 11.5. The van der Waals surface area contributed by atoms with Crippen molar-refractivity contribution in [3.8, 4) is 16.9 Å². The van der Waals surface area contributed by atoms with Crippen molar-refractivity contribution in [2.24, 2.45) is 11.8 Å². The Morgan fingerprint density at radius 1 is 0.958 bits per heavy atom. The van der Waals surface area contributed by atoms with E-state index in [1.165, 1.54) is 0 Å². The van der Waals surface area contributed by atoms with Gasteiger partial charge in [0.1, 0.15) is 5.75 Å². The minimum Gasteiger partial charge on any atom is -0.492 e. The molecule has 3 rings (SSSR count). The quantitative estimate of drug-likeness (QED) is 0.797. The third-order valence-corrected chi connectivity index (χ3v) is 4.52. The molecule has 2 heterocycles. The van der Waals surface area contributed by atoms with Gasteiger partial charge in [-0.1, -0.05) is 0 Å². The number of ether oxygens (including phenoxy) is 1. The van der Waals surface area contributed by atoms with Crippen LogP contribution < -0.4 is 4.74 Å². The largest absolute Gasteiger partial charge is 0.492 e. The van der Waals surface area contributed by atoms with Crippen molar-refractivity contribution >= 4 is 0 Å². The summed E-state index contributed by atoms with van der Waals surface area (Å²) in [5, 5.41) is 0. The van der Waals surface area contributed by atoms with Crippen molar-refractivity contribution < 1.29 is 17.9 Å². The predicted molar refractivity (Wildman–Crippen MR) is 84.5 cm³/mol.